The number of nitrogens with one attached hydrogen (secondary N) is 1. The van der Waals surface area contributed by atoms with E-state index in [0.717, 1.165) is 10.4 Å². The number of hydrogen-bond donors (Lipinski definition) is 2. The molecule has 1 heterocycles. The number of anilines is 2. The van der Waals surface area contributed by atoms with Crippen LogP contribution < -0.4 is 11.1 Å². The highest BCUT2D eigenvalue weighted by molar-refractivity contribution is 7.05. The molecule has 88 valence electrons. The lowest BCUT2D eigenvalue weighted by Crippen LogP contribution is -2.13. The Bertz CT molecular complexity index is 563. The molecule has 0 aliphatic rings. The molecule has 17 heavy (non-hydrogen) atoms. The molecule has 3 N–H and O–H groups in total. The summed E-state index contributed by atoms with van der Waals surface area (Å²) in [7, 11) is 0. The van der Waals surface area contributed by atoms with Crippen LogP contribution in [0.1, 0.15) is 20.9 Å². The lowest BCUT2D eigenvalue weighted by atomic mass is 10.2. The van der Waals surface area contributed by atoms with Crippen molar-refractivity contribution in [3.63, 3.8) is 0 Å². The maximum atomic E-state index is 11.8. The van der Waals surface area contributed by atoms with Gasteiger partial charge in [0.1, 0.15) is 5.69 Å². The minimum absolute atomic E-state index is 0.232. The molecule has 0 aliphatic carbocycles. The molecule has 0 fully saturated rings. The van der Waals surface area contributed by atoms with Gasteiger partial charge < -0.3 is 11.1 Å². The second-order valence-corrected chi connectivity index (χ2v) is 4.88. The number of benzene rings is 1. The fourth-order valence-electron chi connectivity index (χ4n) is 1.46. The minimum atomic E-state index is -0.232. The molecule has 4 nitrogen and oxygen atoms in total. The summed E-state index contributed by atoms with van der Waals surface area (Å²) in [5.74, 6) is -0.232. The van der Waals surface area contributed by atoms with Crippen LogP contribution in [0.2, 0.25) is 0 Å². The van der Waals surface area contributed by atoms with Crippen LogP contribution in [0.15, 0.2) is 24.3 Å². The lowest BCUT2D eigenvalue weighted by molar-refractivity contribution is 0.102. The van der Waals surface area contributed by atoms with Crippen LogP contribution in [-0.2, 0) is 0 Å². The molecule has 0 saturated heterocycles. The quantitative estimate of drug-likeness (QED) is 0.801. The number of amides is 1. The average molecular weight is 247 g/mol. The third-order valence-electron chi connectivity index (χ3n) is 2.32. The van der Waals surface area contributed by atoms with Crippen molar-refractivity contribution in [1.29, 1.82) is 0 Å². The first-order valence-electron chi connectivity index (χ1n) is 5.17. The van der Waals surface area contributed by atoms with Gasteiger partial charge >= 0.3 is 0 Å². The summed E-state index contributed by atoms with van der Waals surface area (Å²) >= 11 is 1.31. The Balaban J connectivity index is 2.18. The summed E-state index contributed by atoms with van der Waals surface area (Å²) in [4.78, 5) is 12.8. The number of nitrogens with zero attached hydrogens (tertiary/aromatic N) is 1. The number of nitrogens with two attached hydrogens (primary N) is 1. The van der Waals surface area contributed by atoms with Crippen molar-refractivity contribution in [3.8, 4) is 0 Å². The van der Waals surface area contributed by atoms with Gasteiger partial charge in [-0.2, -0.15) is 4.37 Å². The zero-order valence-corrected chi connectivity index (χ0v) is 10.5. The zero-order chi connectivity index (χ0) is 12.4. The van der Waals surface area contributed by atoms with E-state index in [1.807, 2.05) is 26.0 Å². The first-order valence-corrected chi connectivity index (χ1v) is 5.94. The fraction of sp³-hybridized carbons (Fsp3) is 0.167. The van der Waals surface area contributed by atoms with Crippen LogP contribution in [0, 0.1) is 13.8 Å². The number of carbonyl (C=O) groups is 1. The van der Waals surface area contributed by atoms with Gasteiger partial charge in [-0.1, -0.05) is 6.07 Å². The van der Waals surface area contributed by atoms with Crippen molar-refractivity contribution in [2.45, 2.75) is 13.8 Å². The van der Waals surface area contributed by atoms with Crippen LogP contribution in [0.5, 0.6) is 0 Å². The Hall–Kier alpha value is -1.88. The molecule has 1 amide bonds. The van der Waals surface area contributed by atoms with E-state index in [9.17, 15) is 4.79 Å². The predicted molar refractivity (Wildman–Crippen MR) is 70.4 cm³/mol. The zero-order valence-electron chi connectivity index (χ0n) is 9.65. The lowest BCUT2D eigenvalue weighted by Gasteiger charge is -2.07. The van der Waals surface area contributed by atoms with Crippen molar-refractivity contribution in [2.75, 3.05) is 11.1 Å². The Morgan fingerprint density at radius 3 is 2.71 bits per heavy atom. The Morgan fingerprint density at radius 2 is 2.12 bits per heavy atom. The number of nitrogen functional groups attached to an aromatic ring is 1. The molecule has 2 rings (SSSR count). The maximum Gasteiger partial charge on any atom is 0.275 e. The first kappa shape index (κ1) is 11.6. The topological polar surface area (TPSA) is 68.0 Å². The second-order valence-electron chi connectivity index (χ2n) is 3.87. The highest BCUT2D eigenvalue weighted by Gasteiger charge is 2.10. The number of rotatable bonds is 2. The fourth-order valence-corrected chi connectivity index (χ4v) is 2.00. The van der Waals surface area contributed by atoms with Crippen molar-refractivity contribution >= 4 is 28.8 Å². The van der Waals surface area contributed by atoms with Gasteiger partial charge in [0, 0.05) is 4.88 Å². The van der Waals surface area contributed by atoms with Gasteiger partial charge in [0.2, 0.25) is 0 Å². The van der Waals surface area contributed by atoms with Crippen LogP contribution in [-0.4, -0.2) is 10.3 Å². The second kappa shape index (κ2) is 4.55. The minimum Gasteiger partial charge on any atom is -0.397 e. The number of hydrogen-bond acceptors (Lipinski definition) is 4. The van der Waals surface area contributed by atoms with Gasteiger partial charge in [-0.15, -0.1) is 0 Å². The standard InChI is InChI=1S/C12H13N3OS/c1-7-3-4-10(9(13)5-7)14-12(16)11-6-8(2)17-15-11/h3-6H,13H2,1-2H3,(H,14,16). The molecule has 2 aromatic rings. The summed E-state index contributed by atoms with van der Waals surface area (Å²) in [5, 5.41) is 2.75. The van der Waals surface area contributed by atoms with E-state index in [0.29, 0.717) is 17.1 Å². The smallest absolute Gasteiger partial charge is 0.275 e. The van der Waals surface area contributed by atoms with Crippen LogP contribution in [0.4, 0.5) is 11.4 Å². The summed E-state index contributed by atoms with van der Waals surface area (Å²) in [6.45, 7) is 3.86. The summed E-state index contributed by atoms with van der Waals surface area (Å²) in [6.07, 6.45) is 0. The molecule has 1 aromatic carbocycles. The molecule has 0 aliphatic heterocycles. The number of aromatic nitrogens is 1. The third kappa shape index (κ3) is 2.62. The molecule has 0 radical (unpaired) electrons. The molecule has 1 aromatic heterocycles. The van der Waals surface area contributed by atoms with Crippen molar-refractivity contribution in [3.05, 3.63) is 40.4 Å². The molecule has 0 spiro atoms. The van der Waals surface area contributed by atoms with Crippen molar-refractivity contribution < 1.29 is 4.79 Å². The first-order chi connectivity index (χ1) is 8.06. The molecule has 0 unspecified atom stereocenters. The van der Waals surface area contributed by atoms with E-state index < -0.39 is 0 Å². The largest absolute Gasteiger partial charge is 0.397 e. The van der Waals surface area contributed by atoms with Crippen LogP contribution in [0.25, 0.3) is 0 Å². The van der Waals surface area contributed by atoms with E-state index >= 15 is 0 Å². The highest BCUT2D eigenvalue weighted by atomic mass is 32.1. The van der Waals surface area contributed by atoms with E-state index in [2.05, 4.69) is 9.69 Å². The molecule has 5 heteroatoms. The van der Waals surface area contributed by atoms with Gasteiger partial charge in [0.25, 0.3) is 5.91 Å². The van der Waals surface area contributed by atoms with Gasteiger partial charge in [-0.25, -0.2) is 0 Å². The van der Waals surface area contributed by atoms with Crippen molar-refractivity contribution in [2.24, 2.45) is 0 Å². The monoisotopic (exact) mass is 247 g/mol. The summed E-state index contributed by atoms with van der Waals surface area (Å²) in [5.41, 5.74) is 8.48. The van der Waals surface area contributed by atoms with Gasteiger partial charge in [-0.05, 0) is 49.1 Å². The normalized spacial score (nSPS) is 10.2. The highest BCUT2D eigenvalue weighted by Crippen LogP contribution is 2.20. The van der Waals surface area contributed by atoms with E-state index in [1.54, 1.807) is 12.1 Å². The predicted octanol–water partition coefficient (Wildman–Crippen LogP) is 2.59. The van der Waals surface area contributed by atoms with E-state index in [4.69, 9.17) is 5.73 Å². The third-order valence-corrected chi connectivity index (χ3v) is 3.01. The Morgan fingerprint density at radius 1 is 1.35 bits per heavy atom. The molecule has 0 atom stereocenters. The molecular formula is C12H13N3OS. The van der Waals surface area contributed by atoms with E-state index in [1.165, 1.54) is 11.5 Å². The molecule has 0 bridgehead atoms. The van der Waals surface area contributed by atoms with Gasteiger partial charge in [0.15, 0.2) is 0 Å². The maximum absolute atomic E-state index is 11.8. The number of carbonyl (C=O) groups excluding carboxylic acids is 1. The average Bonchev–Trinajstić information content (AvgIpc) is 2.69. The van der Waals surface area contributed by atoms with Gasteiger partial charge in [0.05, 0.1) is 11.4 Å². The summed E-state index contributed by atoms with van der Waals surface area (Å²) < 4.78 is 4.05. The molecular weight excluding hydrogens is 234 g/mol. The Kier molecular flexibility index (Phi) is 3.10. The van der Waals surface area contributed by atoms with Gasteiger partial charge in [-0.3, -0.25) is 4.79 Å². The van der Waals surface area contributed by atoms with E-state index in [-0.39, 0.29) is 5.91 Å². The molecule has 0 saturated carbocycles. The SMILES string of the molecule is Cc1ccc(NC(=O)c2cc(C)sn2)c(N)c1. The number of aryl methyl sites for hydroxylation is 2. The Labute approximate surface area is 104 Å². The van der Waals surface area contributed by atoms with Crippen molar-refractivity contribution in [1.82, 2.24) is 4.37 Å². The summed E-state index contributed by atoms with van der Waals surface area (Å²) in [6, 6.07) is 7.27. The van der Waals surface area contributed by atoms with Crippen LogP contribution >= 0.6 is 11.5 Å². The van der Waals surface area contributed by atoms with Crippen LogP contribution in [0.3, 0.4) is 0 Å².